The molecule has 0 radical (unpaired) electrons. The minimum atomic E-state index is -0.804. The summed E-state index contributed by atoms with van der Waals surface area (Å²) in [6, 6.07) is 7.77. The maximum Gasteiger partial charge on any atom is 0.252 e. The van der Waals surface area contributed by atoms with Crippen molar-refractivity contribution in [2.24, 2.45) is 0 Å². The zero-order valence-corrected chi connectivity index (χ0v) is 22.7. The molecular weight excluding hydrogens is 511 g/mol. The molecule has 8 heteroatoms. The zero-order valence-electron chi connectivity index (χ0n) is 20.4. The molecule has 1 aliphatic heterocycles. The molecule has 4 atom stereocenters. The van der Waals surface area contributed by atoms with E-state index in [1.807, 2.05) is 6.92 Å². The molecule has 0 aliphatic carbocycles. The van der Waals surface area contributed by atoms with Crippen molar-refractivity contribution >= 4 is 40.9 Å². The summed E-state index contributed by atoms with van der Waals surface area (Å²) in [6.45, 7) is 12.2. The number of amides is 1. The lowest BCUT2D eigenvalue weighted by Crippen LogP contribution is -2.55. The van der Waals surface area contributed by atoms with Gasteiger partial charge in [0.25, 0.3) is 5.91 Å². The number of benzene rings is 2. The fourth-order valence-electron chi connectivity index (χ4n) is 4.25. The smallest absolute Gasteiger partial charge is 0.252 e. The Bertz CT molecular complexity index is 1060. The quantitative estimate of drug-likeness (QED) is 0.315. The maximum absolute atomic E-state index is 14.6. The number of morpholine rings is 1. The first kappa shape index (κ1) is 28.0. The van der Waals surface area contributed by atoms with Gasteiger partial charge in [-0.2, -0.15) is 11.8 Å². The van der Waals surface area contributed by atoms with Crippen molar-refractivity contribution < 1.29 is 18.3 Å². The van der Waals surface area contributed by atoms with Gasteiger partial charge in [0.2, 0.25) is 0 Å². The van der Waals surface area contributed by atoms with Gasteiger partial charge in [0, 0.05) is 28.0 Å². The van der Waals surface area contributed by atoms with E-state index in [1.165, 1.54) is 24.3 Å². The van der Waals surface area contributed by atoms with Crippen LogP contribution >= 0.6 is 35.0 Å². The number of carbonyl (C=O) groups is 1. The van der Waals surface area contributed by atoms with Crippen LogP contribution in [-0.4, -0.2) is 33.5 Å². The van der Waals surface area contributed by atoms with E-state index in [0.29, 0.717) is 29.7 Å². The van der Waals surface area contributed by atoms with E-state index in [2.05, 4.69) is 27.4 Å². The van der Waals surface area contributed by atoms with E-state index in [-0.39, 0.29) is 26.7 Å². The molecule has 35 heavy (non-hydrogen) atoms. The van der Waals surface area contributed by atoms with E-state index < -0.39 is 29.9 Å². The SMILES string of the molecule is C=CCC1OC(c2cc(F)cc(Cl)c2)C(c2ccc(Cl)c(F)c2)N(C(CC)CSC(C)(C)C)C1=O. The summed E-state index contributed by atoms with van der Waals surface area (Å²) in [4.78, 5) is 15.6. The van der Waals surface area contributed by atoms with E-state index in [4.69, 9.17) is 27.9 Å². The summed E-state index contributed by atoms with van der Waals surface area (Å²) in [5.74, 6) is -0.644. The maximum atomic E-state index is 14.6. The molecule has 2 aromatic rings. The molecular formula is C27H31Cl2F2NO2S. The van der Waals surface area contributed by atoms with Gasteiger partial charge in [0.1, 0.15) is 23.8 Å². The lowest BCUT2D eigenvalue weighted by Gasteiger charge is -2.48. The predicted octanol–water partition coefficient (Wildman–Crippen LogP) is 8.17. The molecule has 2 aromatic carbocycles. The lowest BCUT2D eigenvalue weighted by molar-refractivity contribution is -0.178. The van der Waals surface area contributed by atoms with Gasteiger partial charge in [-0.1, -0.05) is 63.0 Å². The molecule has 4 unspecified atom stereocenters. The second-order valence-electron chi connectivity index (χ2n) is 9.62. The Balaban J connectivity index is 2.20. The Kier molecular flexibility index (Phi) is 9.30. The van der Waals surface area contributed by atoms with Crippen molar-refractivity contribution in [1.82, 2.24) is 4.90 Å². The van der Waals surface area contributed by atoms with Crippen LogP contribution in [0.4, 0.5) is 8.78 Å². The highest BCUT2D eigenvalue weighted by atomic mass is 35.5. The third kappa shape index (κ3) is 6.79. The van der Waals surface area contributed by atoms with Crippen molar-refractivity contribution in [3.05, 3.63) is 81.9 Å². The van der Waals surface area contributed by atoms with E-state index >= 15 is 0 Å². The molecule has 0 aromatic heterocycles. The van der Waals surface area contributed by atoms with Gasteiger partial charge in [-0.25, -0.2) is 8.78 Å². The van der Waals surface area contributed by atoms with Crippen LogP contribution in [0.15, 0.2) is 49.1 Å². The zero-order chi connectivity index (χ0) is 25.9. The number of thioether (sulfide) groups is 1. The second kappa shape index (κ2) is 11.6. The Hall–Kier alpha value is -1.60. The predicted molar refractivity (Wildman–Crippen MR) is 141 cm³/mol. The van der Waals surface area contributed by atoms with Gasteiger partial charge in [-0.15, -0.1) is 6.58 Å². The van der Waals surface area contributed by atoms with E-state index in [9.17, 15) is 13.6 Å². The molecule has 0 saturated carbocycles. The standard InChI is InChI=1S/C27H31Cl2F2NO2S/c1-6-8-23-26(33)32(20(7-2)15-35-27(3,4)5)24(16-9-10-21(29)22(31)13-16)25(34-23)17-11-18(28)14-19(30)12-17/h6,9-14,20,23-25H,1,7-8,15H2,2-5H3. The Morgan fingerprint density at radius 2 is 1.89 bits per heavy atom. The van der Waals surface area contributed by atoms with Crippen LogP contribution in [0.25, 0.3) is 0 Å². The van der Waals surface area contributed by atoms with Crippen LogP contribution in [0.5, 0.6) is 0 Å². The number of hydrogen-bond acceptors (Lipinski definition) is 3. The number of halogens is 4. The van der Waals surface area contributed by atoms with Crippen molar-refractivity contribution in [2.45, 2.75) is 69.6 Å². The topological polar surface area (TPSA) is 29.5 Å². The minimum absolute atomic E-state index is 0.0133. The third-order valence-corrected chi connectivity index (χ3v) is 7.82. The Labute approximate surface area is 220 Å². The molecule has 3 nitrogen and oxygen atoms in total. The van der Waals surface area contributed by atoms with Gasteiger partial charge in [-0.05, 0) is 47.9 Å². The summed E-state index contributed by atoms with van der Waals surface area (Å²) in [5.41, 5.74) is 0.988. The van der Waals surface area contributed by atoms with E-state index in [0.717, 1.165) is 0 Å². The van der Waals surface area contributed by atoms with Gasteiger partial charge < -0.3 is 9.64 Å². The van der Waals surface area contributed by atoms with Gasteiger partial charge >= 0.3 is 0 Å². The number of hydrogen-bond donors (Lipinski definition) is 0. The fourth-order valence-corrected chi connectivity index (χ4v) is 5.68. The average Bonchev–Trinajstić information content (AvgIpc) is 2.77. The summed E-state index contributed by atoms with van der Waals surface area (Å²) < 4.78 is 35.3. The summed E-state index contributed by atoms with van der Waals surface area (Å²) >= 11 is 13.9. The molecule has 0 spiro atoms. The molecule has 3 rings (SSSR count). The molecule has 1 heterocycles. The first-order chi connectivity index (χ1) is 16.4. The van der Waals surface area contributed by atoms with Gasteiger partial charge in [-0.3, -0.25) is 4.79 Å². The fraction of sp³-hybridized carbons (Fsp3) is 0.444. The number of carbonyl (C=O) groups excluding carboxylic acids is 1. The van der Waals surface area contributed by atoms with Crippen LogP contribution in [0.1, 0.15) is 63.8 Å². The number of ether oxygens (including phenoxy) is 1. The first-order valence-corrected chi connectivity index (χ1v) is 13.3. The molecule has 1 saturated heterocycles. The highest BCUT2D eigenvalue weighted by molar-refractivity contribution is 8.00. The van der Waals surface area contributed by atoms with Crippen molar-refractivity contribution in [2.75, 3.05) is 5.75 Å². The highest BCUT2D eigenvalue weighted by Gasteiger charge is 2.46. The Morgan fingerprint density at radius 1 is 1.17 bits per heavy atom. The number of rotatable bonds is 8. The number of nitrogens with zero attached hydrogens (tertiary/aromatic N) is 1. The minimum Gasteiger partial charge on any atom is -0.358 e. The van der Waals surface area contributed by atoms with Crippen molar-refractivity contribution in [3.63, 3.8) is 0 Å². The molecule has 1 aliphatic rings. The van der Waals surface area contributed by atoms with Crippen LogP contribution in [0, 0.1) is 11.6 Å². The molecule has 1 fully saturated rings. The second-order valence-corrected chi connectivity index (χ2v) is 12.3. The monoisotopic (exact) mass is 541 g/mol. The van der Waals surface area contributed by atoms with E-state index in [1.54, 1.807) is 34.9 Å². The summed E-state index contributed by atoms with van der Waals surface area (Å²) in [5, 5.41) is 0.192. The van der Waals surface area contributed by atoms with Gasteiger partial charge in [0.05, 0.1) is 11.1 Å². The van der Waals surface area contributed by atoms with Crippen molar-refractivity contribution in [3.8, 4) is 0 Å². The first-order valence-electron chi connectivity index (χ1n) is 11.6. The average molecular weight is 543 g/mol. The summed E-state index contributed by atoms with van der Waals surface area (Å²) in [6.07, 6.45) is 1.02. The van der Waals surface area contributed by atoms with Crippen molar-refractivity contribution in [1.29, 1.82) is 0 Å². The van der Waals surface area contributed by atoms with Crippen LogP contribution in [-0.2, 0) is 9.53 Å². The van der Waals surface area contributed by atoms with Crippen LogP contribution < -0.4 is 0 Å². The highest BCUT2D eigenvalue weighted by Crippen LogP contribution is 2.45. The lowest BCUT2D eigenvalue weighted by atomic mass is 9.89. The molecule has 0 bridgehead atoms. The third-order valence-electron chi connectivity index (χ3n) is 5.88. The normalized spacial score (nSPS) is 21.8. The molecule has 190 valence electrons. The molecule has 0 N–H and O–H groups in total. The molecule has 1 amide bonds. The van der Waals surface area contributed by atoms with Crippen LogP contribution in [0.2, 0.25) is 10.0 Å². The van der Waals surface area contributed by atoms with Crippen LogP contribution in [0.3, 0.4) is 0 Å². The Morgan fingerprint density at radius 3 is 2.46 bits per heavy atom. The van der Waals surface area contributed by atoms with Gasteiger partial charge in [0.15, 0.2) is 0 Å². The largest absolute Gasteiger partial charge is 0.358 e. The summed E-state index contributed by atoms with van der Waals surface area (Å²) in [7, 11) is 0.